The van der Waals surface area contributed by atoms with Crippen LogP contribution in [-0.2, 0) is 17.9 Å². The van der Waals surface area contributed by atoms with Crippen LogP contribution < -0.4 is 9.47 Å². The summed E-state index contributed by atoms with van der Waals surface area (Å²) >= 11 is 1.47. The third-order valence-electron chi connectivity index (χ3n) is 2.77. The first-order valence-electron chi connectivity index (χ1n) is 6.11. The van der Waals surface area contributed by atoms with E-state index in [1.807, 2.05) is 49.4 Å². The normalized spacial score (nSPS) is 9.95. The number of methoxy groups -OCH3 is 2. The zero-order valence-electron chi connectivity index (χ0n) is 13.0. The number of aliphatic imine (C=N–C) groups is 1. The molecule has 5 heteroatoms. The van der Waals surface area contributed by atoms with Crippen LogP contribution in [0, 0.1) is 13.5 Å². The first-order chi connectivity index (χ1) is 10.2. The molecule has 2 rings (SSSR count). The monoisotopic (exact) mass is 497 g/mol. The summed E-state index contributed by atoms with van der Waals surface area (Å²) in [6.07, 6.45) is 0. The fraction of sp³-hybridized carbons (Fsp3) is 0.176. The molecule has 0 atom stereocenters. The molecule has 0 heterocycles. The van der Waals surface area contributed by atoms with Crippen molar-refractivity contribution in [1.29, 1.82) is 0 Å². The van der Waals surface area contributed by atoms with Gasteiger partial charge in [-0.1, -0.05) is 6.92 Å². The van der Waals surface area contributed by atoms with Gasteiger partial charge in [-0.3, -0.25) is 0 Å². The number of hydrogen-bond acceptors (Lipinski definition) is 3. The van der Waals surface area contributed by atoms with Gasteiger partial charge in [-0.15, -0.1) is 29.8 Å². The topological polar surface area (TPSA) is 30.8 Å². The number of ether oxygens (including phenoxy) is 2. The van der Waals surface area contributed by atoms with Crippen molar-refractivity contribution in [1.82, 2.24) is 0 Å². The van der Waals surface area contributed by atoms with Crippen LogP contribution in [0.1, 0.15) is 12.5 Å². The maximum atomic E-state index is 5.19. The molecule has 0 unspecified atom stereocenters. The molecule has 2 aromatic rings. The number of benzene rings is 2. The predicted molar refractivity (Wildman–Crippen MR) is 89.0 cm³/mol. The van der Waals surface area contributed by atoms with Gasteiger partial charge in [0.05, 0.1) is 19.9 Å². The fourth-order valence-electron chi connectivity index (χ4n) is 1.69. The van der Waals surface area contributed by atoms with Crippen LogP contribution in [0.2, 0.25) is 0 Å². The standard InChI is InChI=1S/C16H16NO2.CH3.ClH.Ir/c1-12(13-5-4-6-16(11-13)19-3)17-14-7-9-15(18-2)10-8-14;;;/h4,6-11H,1-3H3;1H3;1H;/q2*-1;;+3/p-1. The van der Waals surface area contributed by atoms with Crippen LogP contribution in [0.15, 0.2) is 47.5 Å². The van der Waals surface area contributed by atoms with E-state index in [9.17, 15) is 0 Å². The minimum absolute atomic E-state index is 0. The Hall–Kier alpha value is -1.35. The van der Waals surface area contributed by atoms with E-state index in [1.165, 1.54) is 17.9 Å². The Morgan fingerprint density at radius 2 is 1.64 bits per heavy atom. The molecule has 0 N–H and O–H groups in total. The van der Waals surface area contributed by atoms with Crippen molar-refractivity contribution < 1.29 is 27.4 Å². The van der Waals surface area contributed by atoms with Gasteiger partial charge in [-0.2, -0.15) is 0 Å². The molecule has 0 saturated heterocycles. The van der Waals surface area contributed by atoms with E-state index in [0.29, 0.717) is 0 Å². The Bertz CT molecular complexity index is 585. The van der Waals surface area contributed by atoms with E-state index < -0.39 is 0 Å². The summed E-state index contributed by atoms with van der Waals surface area (Å²) in [5.74, 6) is 1.63. The van der Waals surface area contributed by atoms with Crippen LogP contribution in [0.4, 0.5) is 5.69 Å². The molecule has 0 saturated carbocycles. The average molecular weight is 497 g/mol. The third-order valence-corrected chi connectivity index (χ3v) is 2.77. The fourth-order valence-corrected chi connectivity index (χ4v) is 1.69. The summed E-state index contributed by atoms with van der Waals surface area (Å²) in [7, 11) is 7.93. The van der Waals surface area contributed by atoms with Gasteiger partial charge in [0.15, 0.2) is 0 Å². The first-order valence-corrected chi connectivity index (χ1v) is 9.08. The molecule has 0 amide bonds. The van der Waals surface area contributed by atoms with E-state index in [1.54, 1.807) is 14.2 Å². The van der Waals surface area contributed by atoms with Crippen LogP contribution in [-0.4, -0.2) is 19.9 Å². The molecular formula is C17H19ClIrNO2. The summed E-state index contributed by atoms with van der Waals surface area (Å²) in [5.41, 5.74) is 2.70. The number of nitrogens with zero attached hydrogens (tertiary/aromatic N) is 1. The van der Waals surface area contributed by atoms with Crippen molar-refractivity contribution in [3.05, 3.63) is 61.5 Å². The average Bonchev–Trinajstić information content (AvgIpc) is 2.57. The molecule has 0 radical (unpaired) electrons. The summed E-state index contributed by atoms with van der Waals surface area (Å²) in [6.45, 7) is 1.95. The van der Waals surface area contributed by atoms with Crippen LogP contribution in [0.25, 0.3) is 0 Å². The second kappa shape index (κ2) is 11.2. The van der Waals surface area contributed by atoms with Gasteiger partial charge in [0.25, 0.3) is 0 Å². The Kier molecular flexibility index (Phi) is 10.6. The van der Waals surface area contributed by atoms with Crippen LogP contribution in [0.3, 0.4) is 0 Å². The number of rotatable bonds is 4. The van der Waals surface area contributed by atoms with E-state index in [4.69, 9.17) is 9.47 Å². The SMILES string of the molecule is COc1ccc(N=C(C)c2[c-]ccc(OC)c2)cc1.[CH3-].[Cl][Ir+2]. The molecule has 0 aliphatic heterocycles. The maximum absolute atomic E-state index is 5.19. The molecular weight excluding hydrogens is 478 g/mol. The van der Waals surface area contributed by atoms with Crippen molar-refractivity contribution in [2.24, 2.45) is 4.99 Å². The van der Waals surface area contributed by atoms with E-state index in [0.717, 1.165) is 28.5 Å². The molecule has 22 heavy (non-hydrogen) atoms. The Morgan fingerprint density at radius 3 is 2.18 bits per heavy atom. The van der Waals surface area contributed by atoms with Gasteiger partial charge in [0.2, 0.25) is 0 Å². The predicted octanol–water partition coefficient (Wildman–Crippen LogP) is 4.78. The van der Waals surface area contributed by atoms with Crippen molar-refractivity contribution >= 4 is 21.0 Å². The minimum atomic E-state index is 0. The Labute approximate surface area is 147 Å². The summed E-state index contributed by atoms with van der Waals surface area (Å²) in [5, 5.41) is 0. The second-order valence-corrected chi connectivity index (χ2v) is 4.04. The van der Waals surface area contributed by atoms with Crippen molar-refractivity contribution in [2.75, 3.05) is 14.2 Å². The third kappa shape index (κ3) is 6.18. The zero-order chi connectivity index (χ0) is 15.7. The van der Waals surface area contributed by atoms with Gasteiger partial charge in [0.1, 0.15) is 5.75 Å². The van der Waals surface area contributed by atoms with Gasteiger partial charge in [-0.05, 0) is 30.0 Å². The quantitative estimate of drug-likeness (QED) is 0.450. The first kappa shape index (κ1) is 20.6. The van der Waals surface area contributed by atoms with E-state index >= 15 is 0 Å². The van der Waals surface area contributed by atoms with Crippen molar-refractivity contribution in [3.63, 3.8) is 0 Å². The molecule has 0 aliphatic carbocycles. The summed E-state index contributed by atoms with van der Waals surface area (Å²) in [4.78, 5) is 4.55. The zero-order valence-corrected chi connectivity index (χ0v) is 16.2. The Morgan fingerprint density at radius 1 is 1.05 bits per heavy atom. The summed E-state index contributed by atoms with van der Waals surface area (Å²) < 4.78 is 10.3. The number of hydrogen-bond donors (Lipinski definition) is 0. The van der Waals surface area contributed by atoms with Crippen LogP contribution in [0.5, 0.6) is 11.5 Å². The van der Waals surface area contributed by atoms with Crippen molar-refractivity contribution in [2.45, 2.75) is 6.92 Å². The molecule has 120 valence electrons. The van der Waals surface area contributed by atoms with Gasteiger partial charge < -0.3 is 21.9 Å². The molecule has 3 nitrogen and oxygen atoms in total. The molecule has 0 aromatic heterocycles. The molecule has 0 spiro atoms. The van der Waals surface area contributed by atoms with Crippen molar-refractivity contribution in [3.8, 4) is 11.5 Å². The van der Waals surface area contributed by atoms with Crippen LogP contribution >= 0.6 is 9.58 Å². The van der Waals surface area contributed by atoms with Gasteiger partial charge >= 0.3 is 27.5 Å². The van der Waals surface area contributed by atoms with Gasteiger partial charge in [-0.25, -0.2) is 0 Å². The Balaban J connectivity index is 0.00000141. The molecule has 2 aromatic carbocycles. The number of halogens is 1. The van der Waals surface area contributed by atoms with E-state index in [2.05, 4.69) is 20.6 Å². The summed E-state index contributed by atoms with van der Waals surface area (Å²) in [6, 6.07) is 16.4. The molecule has 0 aliphatic rings. The molecule has 0 bridgehead atoms. The molecule has 0 fully saturated rings. The van der Waals surface area contributed by atoms with E-state index in [-0.39, 0.29) is 7.43 Å². The van der Waals surface area contributed by atoms with Gasteiger partial charge in [0, 0.05) is 5.75 Å². The second-order valence-electron chi connectivity index (χ2n) is 4.04.